The number of alkyl halides is 3. The Bertz CT molecular complexity index is 406. The lowest BCUT2D eigenvalue weighted by Gasteiger charge is -2.22. The Kier molecular flexibility index (Phi) is 6.29. The fourth-order valence-electron chi connectivity index (χ4n) is 2.02. The minimum atomic E-state index is -4.70. The van der Waals surface area contributed by atoms with Gasteiger partial charge in [-0.15, -0.1) is 13.2 Å². The molecule has 1 unspecified atom stereocenters. The topological polar surface area (TPSA) is 38.5 Å². The van der Waals surface area contributed by atoms with Crippen molar-refractivity contribution in [3.05, 3.63) is 29.8 Å². The molecule has 0 bridgehead atoms. The molecule has 0 aromatic heterocycles. The van der Waals surface area contributed by atoms with Crippen molar-refractivity contribution in [1.82, 2.24) is 4.90 Å². The molecule has 0 heterocycles. The Hall–Kier alpha value is -1.27. The van der Waals surface area contributed by atoms with Crippen LogP contribution in [0.2, 0.25) is 0 Å². The number of rotatable bonds is 7. The molecular weight excluding hydrogens is 269 g/mol. The van der Waals surface area contributed by atoms with E-state index >= 15 is 0 Å². The second-order valence-corrected chi connectivity index (χ2v) is 4.51. The molecule has 2 N–H and O–H groups in total. The molecule has 6 heteroatoms. The van der Waals surface area contributed by atoms with E-state index < -0.39 is 12.4 Å². The van der Waals surface area contributed by atoms with E-state index in [0.29, 0.717) is 12.0 Å². The summed E-state index contributed by atoms with van der Waals surface area (Å²) in [6.07, 6.45) is -4.12. The Morgan fingerprint density at radius 3 is 2.35 bits per heavy atom. The van der Waals surface area contributed by atoms with Gasteiger partial charge in [-0.3, -0.25) is 0 Å². The van der Waals surface area contributed by atoms with Gasteiger partial charge in [-0.25, -0.2) is 0 Å². The summed E-state index contributed by atoms with van der Waals surface area (Å²) < 4.78 is 41.0. The molecule has 1 atom stereocenters. The van der Waals surface area contributed by atoms with Gasteiger partial charge in [0.1, 0.15) is 5.75 Å². The first-order chi connectivity index (χ1) is 9.37. The number of nitrogens with zero attached hydrogens (tertiary/aromatic N) is 1. The number of halogens is 3. The quantitative estimate of drug-likeness (QED) is 0.837. The maximum Gasteiger partial charge on any atom is 0.573 e. The van der Waals surface area contributed by atoms with Crippen molar-refractivity contribution in [3.8, 4) is 5.75 Å². The first-order valence-electron chi connectivity index (χ1n) is 6.70. The van der Waals surface area contributed by atoms with E-state index in [1.165, 1.54) is 12.1 Å². The van der Waals surface area contributed by atoms with E-state index in [4.69, 9.17) is 5.73 Å². The first-order valence-corrected chi connectivity index (χ1v) is 6.70. The molecule has 0 spiro atoms. The van der Waals surface area contributed by atoms with Crippen molar-refractivity contribution in [2.75, 3.05) is 19.6 Å². The summed E-state index contributed by atoms with van der Waals surface area (Å²) >= 11 is 0. The van der Waals surface area contributed by atoms with Crippen LogP contribution in [0.15, 0.2) is 24.3 Å². The number of benzene rings is 1. The number of ether oxygens (including phenoxy) is 1. The van der Waals surface area contributed by atoms with Crippen LogP contribution in [0.4, 0.5) is 13.2 Å². The predicted octanol–water partition coefficient (Wildman–Crippen LogP) is 3.32. The Morgan fingerprint density at radius 2 is 1.80 bits per heavy atom. The summed E-state index contributed by atoms with van der Waals surface area (Å²) in [5.41, 5.74) is 6.38. The van der Waals surface area contributed by atoms with Gasteiger partial charge < -0.3 is 15.4 Å². The van der Waals surface area contributed by atoms with Crippen LogP contribution in [0.5, 0.6) is 5.75 Å². The predicted molar refractivity (Wildman–Crippen MR) is 72.5 cm³/mol. The van der Waals surface area contributed by atoms with Gasteiger partial charge in [0.2, 0.25) is 0 Å². The third-order valence-corrected chi connectivity index (χ3v) is 3.19. The second-order valence-electron chi connectivity index (χ2n) is 4.51. The van der Waals surface area contributed by atoms with Gasteiger partial charge in [0.15, 0.2) is 0 Å². The molecule has 0 aliphatic heterocycles. The molecule has 20 heavy (non-hydrogen) atoms. The van der Waals surface area contributed by atoms with Crippen LogP contribution in [0.25, 0.3) is 0 Å². The van der Waals surface area contributed by atoms with Crippen molar-refractivity contribution in [1.29, 1.82) is 0 Å². The Balaban J connectivity index is 2.74. The third kappa shape index (κ3) is 5.38. The molecule has 0 aliphatic rings. The van der Waals surface area contributed by atoms with E-state index in [1.54, 1.807) is 12.1 Å². The summed E-state index contributed by atoms with van der Waals surface area (Å²) in [7, 11) is 0. The molecular formula is C14H21F3N2O. The number of para-hydroxylation sites is 1. The van der Waals surface area contributed by atoms with Crippen molar-refractivity contribution in [2.24, 2.45) is 5.73 Å². The third-order valence-electron chi connectivity index (χ3n) is 3.19. The molecule has 3 nitrogen and oxygen atoms in total. The summed E-state index contributed by atoms with van der Waals surface area (Å²) in [6.45, 7) is 6.60. The van der Waals surface area contributed by atoms with Crippen LogP contribution in [0.3, 0.4) is 0 Å². The molecule has 0 amide bonds. The molecule has 1 aromatic carbocycles. The highest BCUT2D eigenvalue weighted by atomic mass is 19.4. The van der Waals surface area contributed by atoms with Crippen LogP contribution in [-0.2, 0) is 0 Å². The first kappa shape index (κ1) is 16.8. The van der Waals surface area contributed by atoms with Crippen molar-refractivity contribution in [2.45, 2.75) is 32.7 Å². The Labute approximate surface area is 117 Å². The van der Waals surface area contributed by atoms with Crippen LogP contribution >= 0.6 is 0 Å². The molecule has 0 aliphatic carbocycles. The van der Waals surface area contributed by atoms with Crippen LogP contribution in [0, 0.1) is 0 Å². The average Bonchev–Trinajstić information content (AvgIpc) is 2.38. The van der Waals surface area contributed by atoms with E-state index in [2.05, 4.69) is 9.64 Å². The maximum atomic E-state index is 12.3. The van der Waals surface area contributed by atoms with E-state index in [0.717, 1.165) is 19.6 Å². The lowest BCUT2D eigenvalue weighted by Crippen LogP contribution is -2.27. The van der Waals surface area contributed by atoms with E-state index in [9.17, 15) is 13.2 Å². The standard InChI is InChI=1S/C14H21F3N2O/c1-3-19(4-2)10-9-12(18)11-7-5-6-8-13(11)20-14(15,16)17/h5-8,12H,3-4,9-10,18H2,1-2H3. The fourth-order valence-corrected chi connectivity index (χ4v) is 2.02. The summed E-state index contributed by atoms with van der Waals surface area (Å²) in [5, 5.41) is 0. The highest BCUT2D eigenvalue weighted by molar-refractivity contribution is 5.35. The molecule has 0 saturated heterocycles. The molecule has 0 radical (unpaired) electrons. The molecule has 1 rings (SSSR count). The summed E-state index contributed by atoms with van der Waals surface area (Å²) in [6, 6.07) is 5.56. The maximum absolute atomic E-state index is 12.3. The highest BCUT2D eigenvalue weighted by Crippen LogP contribution is 2.30. The van der Waals surface area contributed by atoms with E-state index in [1.807, 2.05) is 13.8 Å². The SMILES string of the molecule is CCN(CC)CCC(N)c1ccccc1OC(F)(F)F. The van der Waals surface area contributed by atoms with Gasteiger partial charge in [0, 0.05) is 11.6 Å². The van der Waals surface area contributed by atoms with Crippen molar-refractivity contribution >= 4 is 0 Å². The van der Waals surface area contributed by atoms with Gasteiger partial charge in [0.25, 0.3) is 0 Å². The number of nitrogens with two attached hydrogens (primary N) is 1. The number of hydrogen-bond acceptors (Lipinski definition) is 3. The minimum absolute atomic E-state index is 0.216. The molecule has 1 aromatic rings. The van der Waals surface area contributed by atoms with Gasteiger partial charge in [-0.05, 0) is 32.1 Å². The van der Waals surface area contributed by atoms with Gasteiger partial charge in [-0.2, -0.15) is 0 Å². The van der Waals surface area contributed by atoms with Gasteiger partial charge in [0.05, 0.1) is 0 Å². The largest absolute Gasteiger partial charge is 0.573 e. The summed E-state index contributed by atoms with van der Waals surface area (Å²) in [5.74, 6) is -0.216. The smallest absolute Gasteiger partial charge is 0.405 e. The zero-order valence-corrected chi connectivity index (χ0v) is 11.8. The highest BCUT2D eigenvalue weighted by Gasteiger charge is 2.32. The Morgan fingerprint density at radius 1 is 1.20 bits per heavy atom. The zero-order chi connectivity index (χ0) is 15.2. The molecule has 114 valence electrons. The van der Waals surface area contributed by atoms with Gasteiger partial charge >= 0.3 is 6.36 Å². The monoisotopic (exact) mass is 290 g/mol. The lowest BCUT2D eigenvalue weighted by molar-refractivity contribution is -0.275. The van der Waals surface area contributed by atoms with Crippen molar-refractivity contribution < 1.29 is 17.9 Å². The average molecular weight is 290 g/mol. The summed E-state index contributed by atoms with van der Waals surface area (Å²) in [4.78, 5) is 2.17. The van der Waals surface area contributed by atoms with Gasteiger partial charge in [-0.1, -0.05) is 32.0 Å². The van der Waals surface area contributed by atoms with E-state index in [-0.39, 0.29) is 5.75 Å². The van der Waals surface area contributed by atoms with Crippen molar-refractivity contribution in [3.63, 3.8) is 0 Å². The second kappa shape index (κ2) is 7.50. The normalized spacial score (nSPS) is 13.6. The lowest BCUT2D eigenvalue weighted by atomic mass is 10.0. The fraction of sp³-hybridized carbons (Fsp3) is 0.571. The van der Waals surface area contributed by atoms with Crippen LogP contribution < -0.4 is 10.5 Å². The zero-order valence-electron chi connectivity index (χ0n) is 11.8. The molecule has 0 saturated carbocycles. The van der Waals surface area contributed by atoms with Crippen LogP contribution in [0.1, 0.15) is 31.9 Å². The minimum Gasteiger partial charge on any atom is -0.405 e. The van der Waals surface area contributed by atoms with Crippen LogP contribution in [-0.4, -0.2) is 30.9 Å². The number of hydrogen-bond donors (Lipinski definition) is 1. The molecule has 0 fully saturated rings.